The van der Waals surface area contributed by atoms with Gasteiger partial charge in [0, 0.05) is 22.9 Å². The first-order valence-electron chi connectivity index (χ1n) is 6.54. The van der Waals surface area contributed by atoms with Crippen LogP contribution in [0.2, 0.25) is 0 Å². The molecule has 1 fully saturated rings. The van der Waals surface area contributed by atoms with Crippen molar-refractivity contribution in [3.05, 3.63) is 29.8 Å². The summed E-state index contributed by atoms with van der Waals surface area (Å²) in [5.41, 5.74) is 4.83. The van der Waals surface area contributed by atoms with Crippen LogP contribution >= 0.6 is 23.5 Å². The second-order valence-corrected chi connectivity index (χ2v) is 6.99. The standard InChI is InChI=1S/C13H14F3N3O2S2/c14-13(15,16)8-2-1-3-9(6-8)18-12(20)21-19-11(17)10-7-22-4-5-23-10/h1-3,6,10H,4-5,7H2,(H2,17,19)(H,18,20). The van der Waals surface area contributed by atoms with Gasteiger partial charge in [0.2, 0.25) is 0 Å². The molecule has 0 bridgehead atoms. The Morgan fingerprint density at radius 1 is 1.39 bits per heavy atom. The van der Waals surface area contributed by atoms with Crippen LogP contribution in [-0.2, 0) is 11.0 Å². The average molecular weight is 365 g/mol. The van der Waals surface area contributed by atoms with Crippen molar-refractivity contribution in [3.8, 4) is 0 Å². The molecule has 1 heterocycles. The van der Waals surface area contributed by atoms with E-state index in [9.17, 15) is 18.0 Å². The number of benzene rings is 1. The third-order valence-corrected chi connectivity index (χ3v) is 5.60. The number of nitrogens with one attached hydrogen (secondary N) is 1. The summed E-state index contributed by atoms with van der Waals surface area (Å²) in [4.78, 5) is 16.2. The fourth-order valence-electron chi connectivity index (χ4n) is 1.73. The molecule has 23 heavy (non-hydrogen) atoms. The first-order chi connectivity index (χ1) is 10.9. The van der Waals surface area contributed by atoms with E-state index in [2.05, 4.69) is 15.3 Å². The van der Waals surface area contributed by atoms with Crippen LogP contribution in [0, 0.1) is 0 Å². The minimum Gasteiger partial charge on any atom is -0.383 e. The normalized spacial score (nSPS) is 19.3. The Bertz CT molecular complexity index is 590. The molecule has 0 aliphatic carbocycles. The topological polar surface area (TPSA) is 76.7 Å². The van der Waals surface area contributed by atoms with E-state index in [1.165, 1.54) is 12.1 Å². The van der Waals surface area contributed by atoms with Crippen molar-refractivity contribution in [3.63, 3.8) is 0 Å². The van der Waals surface area contributed by atoms with Crippen molar-refractivity contribution >= 4 is 41.1 Å². The number of oxime groups is 1. The zero-order chi connectivity index (χ0) is 16.9. The van der Waals surface area contributed by atoms with Crippen molar-refractivity contribution in [2.24, 2.45) is 10.9 Å². The summed E-state index contributed by atoms with van der Waals surface area (Å²) >= 11 is 3.35. The molecule has 0 saturated carbocycles. The molecule has 5 nitrogen and oxygen atoms in total. The average Bonchev–Trinajstić information content (AvgIpc) is 2.53. The largest absolute Gasteiger partial charge is 0.437 e. The number of amidine groups is 1. The van der Waals surface area contributed by atoms with Gasteiger partial charge in [0.25, 0.3) is 0 Å². The highest BCUT2D eigenvalue weighted by molar-refractivity contribution is 8.07. The van der Waals surface area contributed by atoms with Gasteiger partial charge in [0.1, 0.15) is 0 Å². The van der Waals surface area contributed by atoms with Crippen molar-refractivity contribution in [1.82, 2.24) is 0 Å². The van der Waals surface area contributed by atoms with Crippen LogP contribution in [0.3, 0.4) is 0 Å². The van der Waals surface area contributed by atoms with Crippen LogP contribution in [0.5, 0.6) is 0 Å². The maximum absolute atomic E-state index is 12.6. The Morgan fingerprint density at radius 2 is 2.17 bits per heavy atom. The zero-order valence-electron chi connectivity index (χ0n) is 11.8. The molecule has 1 atom stereocenters. The molecule has 10 heteroatoms. The first kappa shape index (κ1) is 17.8. The van der Waals surface area contributed by atoms with E-state index in [4.69, 9.17) is 5.73 Å². The van der Waals surface area contributed by atoms with Gasteiger partial charge in [-0.3, -0.25) is 10.2 Å². The van der Waals surface area contributed by atoms with E-state index in [0.29, 0.717) is 0 Å². The van der Waals surface area contributed by atoms with Gasteiger partial charge in [0.05, 0.1) is 10.8 Å². The molecule has 1 aromatic rings. The highest BCUT2D eigenvalue weighted by Gasteiger charge is 2.30. The number of amides is 1. The molecule has 2 rings (SSSR count). The highest BCUT2D eigenvalue weighted by atomic mass is 32.2. The summed E-state index contributed by atoms with van der Waals surface area (Å²) in [6.45, 7) is 0. The Kier molecular flexibility index (Phi) is 6.05. The predicted octanol–water partition coefficient (Wildman–Crippen LogP) is 3.37. The summed E-state index contributed by atoms with van der Waals surface area (Å²) in [5.74, 6) is 2.92. The molecule has 1 saturated heterocycles. The Hall–Kier alpha value is -1.55. The number of rotatable bonds is 3. The number of carbonyl (C=O) groups excluding carboxylic acids is 1. The predicted molar refractivity (Wildman–Crippen MR) is 86.7 cm³/mol. The molecule has 0 spiro atoms. The van der Waals surface area contributed by atoms with Crippen LogP contribution in [0.15, 0.2) is 29.4 Å². The molecule has 1 aromatic carbocycles. The van der Waals surface area contributed by atoms with Gasteiger partial charge in [0.15, 0.2) is 5.84 Å². The molecule has 1 aliphatic heterocycles. The van der Waals surface area contributed by atoms with E-state index in [-0.39, 0.29) is 16.8 Å². The van der Waals surface area contributed by atoms with Crippen LogP contribution in [-0.4, -0.2) is 34.4 Å². The quantitative estimate of drug-likeness (QED) is 0.372. The lowest BCUT2D eigenvalue weighted by Gasteiger charge is -2.19. The summed E-state index contributed by atoms with van der Waals surface area (Å²) in [7, 11) is 0. The maximum Gasteiger partial charge on any atom is 0.437 e. The Balaban J connectivity index is 1.92. The zero-order valence-corrected chi connectivity index (χ0v) is 13.4. The molecule has 1 aliphatic rings. The molecule has 0 aromatic heterocycles. The first-order valence-corrected chi connectivity index (χ1v) is 8.74. The van der Waals surface area contributed by atoms with Crippen molar-refractivity contribution in [1.29, 1.82) is 0 Å². The van der Waals surface area contributed by atoms with Crippen LogP contribution in [0.25, 0.3) is 0 Å². The van der Waals surface area contributed by atoms with E-state index in [0.717, 1.165) is 29.4 Å². The molecular weight excluding hydrogens is 351 g/mol. The van der Waals surface area contributed by atoms with E-state index in [1.54, 1.807) is 23.5 Å². The molecule has 3 N–H and O–H groups in total. The van der Waals surface area contributed by atoms with Crippen molar-refractivity contribution in [2.45, 2.75) is 11.4 Å². The second kappa shape index (κ2) is 7.82. The summed E-state index contributed by atoms with van der Waals surface area (Å²) < 4.78 is 37.7. The lowest BCUT2D eigenvalue weighted by Crippen LogP contribution is -2.31. The van der Waals surface area contributed by atoms with Gasteiger partial charge < -0.3 is 5.73 Å². The van der Waals surface area contributed by atoms with E-state index >= 15 is 0 Å². The molecular formula is C13H14F3N3O2S2. The Labute approximate surface area is 139 Å². The third kappa shape index (κ3) is 5.54. The number of halogens is 3. The number of thioether (sulfide) groups is 2. The highest BCUT2D eigenvalue weighted by Crippen LogP contribution is 2.30. The van der Waals surface area contributed by atoms with E-state index < -0.39 is 17.8 Å². The third-order valence-electron chi connectivity index (χ3n) is 2.82. The minimum atomic E-state index is -4.49. The number of nitrogens with two attached hydrogens (primary N) is 1. The Morgan fingerprint density at radius 3 is 2.83 bits per heavy atom. The van der Waals surface area contributed by atoms with Crippen LogP contribution in [0.1, 0.15) is 5.56 Å². The van der Waals surface area contributed by atoms with Gasteiger partial charge in [-0.2, -0.15) is 24.9 Å². The lowest BCUT2D eigenvalue weighted by molar-refractivity contribution is -0.137. The SMILES string of the molecule is NC(=NOC(=O)Nc1cccc(C(F)(F)F)c1)C1CSCCS1. The summed E-state index contributed by atoms with van der Waals surface area (Å²) in [5, 5.41) is 5.69. The maximum atomic E-state index is 12.6. The smallest absolute Gasteiger partial charge is 0.383 e. The fourth-order valence-corrected chi connectivity index (χ4v) is 4.31. The van der Waals surface area contributed by atoms with Gasteiger partial charge in [-0.25, -0.2) is 4.79 Å². The number of hydrogen-bond acceptors (Lipinski definition) is 5. The minimum absolute atomic E-state index is 0.0323. The van der Waals surface area contributed by atoms with Crippen LogP contribution < -0.4 is 11.1 Å². The fraction of sp³-hybridized carbons (Fsp3) is 0.385. The van der Waals surface area contributed by atoms with Crippen molar-refractivity contribution in [2.75, 3.05) is 22.6 Å². The molecule has 0 radical (unpaired) electrons. The van der Waals surface area contributed by atoms with E-state index in [1.807, 2.05) is 0 Å². The summed E-state index contributed by atoms with van der Waals surface area (Å²) in [6.07, 6.45) is -5.49. The van der Waals surface area contributed by atoms with Crippen LogP contribution in [0.4, 0.5) is 23.7 Å². The molecule has 1 unspecified atom stereocenters. The number of hydrogen-bond donors (Lipinski definition) is 2. The van der Waals surface area contributed by atoms with Gasteiger partial charge in [-0.1, -0.05) is 11.2 Å². The monoisotopic (exact) mass is 365 g/mol. The van der Waals surface area contributed by atoms with Gasteiger partial charge in [-0.15, -0.1) is 11.8 Å². The van der Waals surface area contributed by atoms with Crippen molar-refractivity contribution < 1.29 is 22.8 Å². The number of carbonyl (C=O) groups is 1. The summed E-state index contributed by atoms with van der Waals surface area (Å²) in [6, 6.07) is 4.22. The van der Waals surface area contributed by atoms with Gasteiger partial charge in [-0.05, 0) is 18.2 Å². The molecule has 1 amide bonds. The molecule has 126 valence electrons. The number of anilines is 1. The number of nitrogens with zero attached hydrogens (tertiary/aromatic N) is 1. The number of alkyl halides is 3. The second-order valence-electron chi connectivity index (χ2n) is 4.53. The van der Waals surface area contributed by atoms with Gasteiger partial charge >= 0.3 is 12.3 Å². The lowest BCUT2D eigenvalue weighted by atomic mass is 10.2.